The molecule has 6 nitrogen and oxygen atoms in total. The molecule has 0 bridgehead atoms. The third-order valence-corrected chi connectivity index (χ3v) is 3.44. The molecule has 2 aromatic carbocycles. The van der Waals surface area contributed by atoms with Crippen molar-refractivity contribution in [3.63, 3.8) is 0 Å². The van der Waals surface area contributed by atoms with Gasteiger partial charge in [-0.05, 0) is 59.0 Å². The Labute approximate surface area is 135 Å². The minimum Gasteiger partial charge on any atom is -0.508 e. The molecule has 1 heterocycles. The smallest absolute Gasteiger partial charge is 0.181 e. The summed E-state index contributed by atoms with van der Waals surface area (Å²) in [4.78, 5) is 0. The van der Waals surface area contributed by atoms with Gasteiger partial charge in [0.05, 0.1) is 5.69 Å². The van der Waals surface area contributed by atoms with Gasteiger partial charge in [-0.15, -0.1) is 5.10 Å². The van der Waals surface area contributed by atoms with Gasteiger partial charge < -0.3 is 10.4 Å². The standard InChI is InChI=1S/C15H12BrN5O/c16-11-1-5-13(6-2-11)21-15(18-19-20-21)9-10-17-12-3-7-14(22)8-4-12/h1-10,17,22H. The maximum Gasteiger partial charge on any atom is 0.181 e. The Morgan fingerprint density at radius 2 is 1.77 bits per heavy atom. The van der Waals surface area contributed by atoms with Gasteiger partial charge in [-0.2, -0.15) is 4.68 Å². The summed E-state index contributed by atoms with van der Waals surface area (Å²) in [5.74, 6) is 0.835. The maximum absolute atomic E-state index is 9.24. The van der Waals surface area contributed by atoms with Gasteiger partial charge in [0.1, 0.15) is 5.75 Å². The molecule has 0 radical (unpaired) electrons. The highest BCUT2D eigenvalue weighted by Crippen LogP contribution is 2.15. The quantitative estimate of drug-likeness (QED) is 0.701. The average Bonchev–Trinajstić information content (AvgIpc) is 2.98. The van der Waals surface area contributed by atoms with Crippen molar-refractivity contribution in [3.05, 3.63) is 65.0 Å². The first-order valence-corrected chi connectivity index (χ1v) is 7.28. The third kappa shape index (κ3) is 3.32. The second-order valence-corrected chi connectivity index (χ2v) is 5.37. The number of aromatic hydroxyl groups is 1. The van der Waals surface area contributed by atoms with Crippen LogP contribution in [0.15, 0.2) is 59.2 Å². The van der Waals surface area contributed by atoms with E-state index < -0.39 is 0 Å². The van der Waals surface area contributed by atoms with Gasteiger partial charge in [-0.3, -0.25) is 0 Å². The predicted molar refractivity (Wildman–Crippen MR) is 87.6 cm³/mol. The van der Waals surface area contributed by atoms with E-state index in [0.717, 1.165) is 15.8 Å². The van der Waals surface area contributed by atoms with E-state index >= 15 is 0 Å². The monoisotopic (exact) mass is 357 g/mol. The van der Waals surface area contributed by atoms with E-state index in [1.54, 1.807) is 41.2 Å². The molecule has 0 saturated carbocycles. The summed E-state index contributed by atoms with van der Waals surface area (Å²) in [6.07, 6.45) is 3.52. The molecule has 0 aliphatic heterocycles. The summed E-state index contributed by atoms with van der Waals surface area (Å²) >= 11 is 3.40. The molecule has 0 amide bonds. The largest absolute Gasteiger partial charge is 0.508 e. The molecule has 0 unspecified atom stereocenters. The fourth-order valence-electron chi connectivity index (χ4n) is 1.83. The number of hydrogen-bond acceptors (Lipinski definition) is 5. The summed E-state index contributed by atoms with van der Waals surface area (Å²) < 4.78 is 2.64. The molecule has 0 aliphatic carbocycles. The van der Waals surface area contributed by atoms with Gasteiger partial charge >= 0.3 is 0 Å². The van der Waals surface area contributed by atoms with Crippen molar-refractivity contribution >= 4 is 27.7 Å². The average molecular weight is 358 g/mol. The van der Waals surface area contributed by atoms with Crippen LogP contribution in [0.5, 0.6) is 5.75 Å². The number of rotatable bonds is 4. The van der Waals surface area contributed by atoms with Crippen LogP contribution in [0.2, 0.25) is 0 Å². The minimum absolute atomic E-state index is 0.230. The topological polar surface area (TPSA) is 75.9 Å². The Morgan fingerprint density at radius 1 is 1.05 bits per heavy atom. The molecule has 0 saturated heterocycles. The molecule has 7 heteroatoms. The molecule has 3 rings (SSSR count). The van der Waals surface area contributed by atoms with E-state index in [0.29, 0.717) is 5.82 Å². The second kappa shape index (κ2) is 6.40. The number of anilines is 1. The van der Waals surface area contributed by atoms with E-state index in [2.05, 4.69) is 36.8 Å². The number of nitrogens with one attached hydrogen (secondary N) is 1. The fraction of sp³-hybridized carbons (Fsp3) is 0. The molecule has 0 aliphatic rings. The van der Waals surface area contributed by atoms with Crippen molar-refractivity contribution in [2.24, 2.45) is 0 Å². The van der Waals surface area contributed by atoms with Gasteiger partial charge in [-0.25, -0.2) is 0 Å². The normalized spacial score (nSPS) is 11.0. The number of phenols is 1. The first-order valence-electron chi connectivity index (χ1n) is 6.49. The Kier molecular flexibility index (Phi) is 4.15. The summed E-state index contributed by atoms with van der Waals surface area (Å²) in [5.41, 5.74) is 1.73. The van der Waals surface area contributed by atoms with Crippen LogP contribution in [0, 0.1) is 0 Å². The van der Waals surface area contributed by atoms with Crippen LogP contribution in [0.25, 0.3) is 11.8 Å². The summed E-state index contributed by atoms with van der Waals surface area (Å²) in [6.45, 7) is 0. The van der Waals surface area contributed by atoms with E-state index in [1.165, 1.54) is 0 Å². The zero-order valence-electron chi connectivity index (χ0n) is 11.4. The van der Waals surface area contributed by atoms with E-state index in [4.69, 9.17) is 0 Å². The van der Waals surface area contributed by atoms with E-state index in [1.807, 2.05) is 24.3 Å². The van der Waals surface area contributed by atoms with E-state index in [-0.39, 0.29) is 5.75 Å². The van der Waals surface area contributed by atoms with Gasteiger partial charge in [0.25, 0.3) is 0 Å². The molecule has 110 valence electrons. The lowest BCUT2D eigenvalue weighted by Crippen LogP contribution is -1.99. The molecule has 22 heavy (non-hydrogen) atoms. The number of aromatic nitrogens is 4. The van der Waals surface area contributed by atoms with Crippen molar-refractivity contribution in [2.75, 3.05) is 5.32 Å². The lowest BCUT2D eigenvalue weighted by Gasteiger charge is -2.02. The van der Waals surface area contributed by atoms with Crippen LogP contribution in [-0.2, 0) is 0 Å². The predicted octanol–water partition coefficient (Wildman–Crippen LogP) is 3.21. The third-order valence-electron chi connectivity index (χ3n) is 2.91. The molecular formula is C15H12BrN5O. The highest BCUT2D eigenvalue weighted by molar-refractivity contribution is 9.10. The van der Waals surface area contributed by atoms with Crippen molar-refractivity contribution in [1.29, 1.82) is 0 Å². The van der Waals surface area contributed by atoms with Crippen LogP contribution >= 0.6 is 15.9 Å². The number of hydrogen-bond donors (Lipinski definition) is 2. The molecular weight excluding hydrogens is 346 g/mol. The maximum atomic E-state index is 9.24. The lowest BCUT2D eigenvalue weighted by molar-refractivity contribution is 0.475. The van der Waals surface area contributed by atoms with Crippen molar-refractivity contribution in [2.45, 2.75) is 0 Å². The van der Waals surface area contributed by atoms with E-state index in [9.17, 15) is 5.11 Å². The zero-order chi connectivity index (χ0) is 15.4. The Balaban J connectivity index is 1.76. The highest BCUT2D eigenvalue weighted by atomic mass is 79.9. The van der Waals surface area contributed by atoms with Crippen LogP contribution in [-0.4, -0.2) is 25.3 Å². The minimum atomic E-state index is 0.230. The molecule has 3 aromatic rings. The molecule has 1 aromatic heterocycles. The van der Waals surface area contributed by atoms with Crippen molar-refractivity contribution < 1.29 is 5.11 Å². The highest BCUT2D eigenvalue weighted by Gasteiger charge is 2.04. The Hall–Kier alpha value is -2.67. The first kappa shape index (κ1) is 14.3. The zero-order valence-corrected chi connectivity index (χ0v) is 13.0. The van der Waals surface area contributed by atoms with Crippen LogP contribution in [0.4, 0.5) is 5.69 Å². The number of phenolic OH excluding ortho intramolecular Hbond substituents is 1. The summed E-state index contributed by atoms with van der Waals surface area (Å²) in [7, 11) is 0. The number of halogens is 1. The Bertz CT molecular complexity index is 780. The summed E-state index contributed by atoms with van der Waals surface area (Å²) in [5, 5.41) is 24.0. The summed E-state index contributed by atoms with van der Waals surface area (Å²) in [6, 6.07) is 14.5. The second-order valence-electron chi connectivity index (χ2n) is 4.45. The SMILES string of the molecule is Oc1ccc(NC=Cc2nnnn2-c2ccc(Br)cc2)cc1. The van der Waals surface area contributed by atoms with Crippen molar-refractivity contribution in [3.8, 4) is 11.4 Å². The molecule has 0 atom stereocenters. The first-order chi connectivity index (χ1) is 10.7. The van der Waals surface area contributed by atoms with Gasteiger partial charge in [-0.1, -0.05) is 15.9 Å². The number of nitrogens with zero attached hydrogens (tertiary/aromatic N) is 4. The van der Waals surface area contributed by atoms with Gasteiger partial charge in [0.2, 0.25) is 0 Å². The van der Waals surface area contributed by atoms with Crippen molar-refractivity contribution in [1.82, 2.24) is 20.2 Å². The van der Waals surface area contributed by atoms with Crippen LogP contribution < -0.4 is 5.32 Å². The number of tetrazole rings is 1. The molecule has 0 spiro atoms. The molecule has 2 N–H and O–H groups in total. The Morgan fingerprint density at radius 3 is 2.50 bits per heavy atom. The fourth-order valence-corrected chi connectivity index (χ4v) is 2.10. The molecule has 0 fully saturated rings. The van der Waals surface area contributed by atoms with Gasteiger partial charge in [0.15, 0.2) is 5.82 Å². The van der Waals surface area contributed by atoms with Gasteiger partial charge in [0, 0.05) is 22.4 Å². The number of benzene rings is 2. The lowest BCUT2D eigenvalue weighted by atomic mass is 10.3. The van der Waals surface area contributed by atoms with Crippen LogP contribution in [0.1, 0.15) is 5.82 Å². The van der Waals surface area contributed by atoms with Crippen LogP contribution in [0.3, 0.4) is 0 Å².